The van der Waals surface area contributed by atoms with Crippen LogP contribution in [0.3, 0.4) is 0 Å². The number of ether oxygens (including phenoxy) is 1. The Morgan fingerprint density at radius 3 is 2.37 bits per heavy atom. The zero-order valence-corrected chi connectivity index (χ0v) is 15.6. The summed E-state index contributed by atoms with van der Waals surface area (Å²) in [5.41, 5.74) is 8.40. The molecule has 1 heterocycles. The van der Waals surface area contributed by atoms with E-state index in [4.69, 9.17) is 10.5 Å². The standard InChI is InChI=1S/C20H23N3O4/c1-11-10-17(12(2)23(11)16-8-9-16)20(26)27-13(3)19(25)22-15-6-4-14(5-7-15)18(21)24/h4-7,10,13,16H,8-9H2,1-3H3,(H2,21,24)(H,22,25)/t13-/m0/s1. The molecule has 1 atom stereocenters. The Labute approximate surface area is 157 Å². The van der Waals surface area contributed by atoms with Crippen LogP contribution in [0.1, 0.15) is 57.9 Å². The van der Waals surface area contributed by atoms with Crippen LogP contribution in [0.25, 0.3) is 0 Å². The van der Waals surface area contributed by atoms with E-state index in [1.807, 2.05) is 19.9 Å². The number of esters is 1. The second-order valence-corrected chi connectivity index (χ2v) is 6.86. The van der Waals surface area contributed by atoms with Crippen LogP contribution in [-0.4, -0.2) is 28.5 Å². The molecule has 0 saturated heterocycles. The molecule has 1 aliphatic rings. The molecule has 27 heavy (non-hydrogen) atoms. The highest BCUT2D eigenvalue weighted by atomic mass is 16.5. The number of amides is 2. The molecular weight excluding hydrogens is 346 g/mol. The van der Waals surface area contributed by atoms with E-state index in [9.17, 15) is 14.4 Å². The second kappa shape index (κ2) is 7.26. The SMILES string of the molecule is Cc1cc(C(=O)O[C@@H](C)C(=O)Nc2ccc(C(N)=O)cc2)c(C)n1C1CC1. The van der Waals surface area contributed by atoms with Gasteiger partial charge in [-0.3, -0.25) is 9.59 Å². The summed E-state index contributed by atoms with van der Waals surface area (Å²) in [6.45, 7) is 5.38. The first-order valence-electron chi connectivity index (χ1n) is 8.88. The molecule has 142 valence electrons. The van der Waals surface area contributed by atoms with Crippen molar-refractivity contribution >= 4 is 23.5 Å². The summed E-state index contributed by atoms with van der Waals surface area (Å²) < 4.78 is 7.50. The summed E-state index contributed by atoms with van der Waals surface area (Å²) in [5, 5.41) is 2.65. The lowest BCUT2D eigenvalue weighted by Gasteiger charge is -2.14. The maximum Gasteiger partial charge on any atom is 0.340 e. The van der Waals surface area contributed by atoms with Gasteiger partial charge in [-0.05, 0) is 63.9 Å². The maximum atomic E-state index is 12.5. The number of nitrogens with two attached hydrogens (primary N) is 1. The lowest BCUT2D eigenvalue weighted by Crippen LogP contribution is -2.30. The Bertz CT molecular complexity index is 895. The van der Waals surface area contributed by atoms with Crippen LogP contribution >= 0.6 is 0 Å². The number of carbonyl (C=O) groups excluding carboxylic acids is 3. The van der Waals surface area contributed by atoms with Gasteiger partial charge in [0.1, 0.15) is 0 Å². The number of benzene rings is 1. The van der Waals surface area contributed by atoms with Crippen LogP contribution in [0.2, 0.25) is 0 Å². The van der Waals surface area contributed by atoms with Crippen LogP contribution in [-0.2, 0) is 9.53 Å². The number of hydrogen-bond donors (Lipinski definition) is 2. The molecule has 1 aromatic carbocycles. The van der Waals surface area contributed by atoms with Gasteiger partial charge >= 0.3 is 5.97 Å². The number of anilines is 1. The molecule has 7 nitrogen and oxygen atoms in total. The fourth-order valence-corrected chi connectivity index (χ4v) is 3.12. The number of primary amides is 1. The normalized spacial score (nSPS) is 14.5. The number of carbonyl (C=O) groups is 3. The third-order valence-corrected chi connectivity index (χ3v) is 4.71. The van der Waals surface area contributed by atoms with Crippen molar-refractivity contribution in [1.29, 1.82) is 0 Å². The molecule has 0 radical (unpaired) electrons. The summed E-state index contributed by atoms with van der Waals surface area (Å²) in [6.07, 6.45) is 1.29. The third-order valence-electron chi connectivity index (χ3n) is 4.71. The van der Waals surface area contributed by atoms with Crippen LogP contribution < -0.4 is 11.1 Å². The van der Waals surface area contributed by atoms with E-state index in [0.717, 1.165) is 24.2 Å². The molecule has 0 aliphatic heterocycles. The van der Waals surface area contributed by atoms with E-state index in [1.165, 1.54) is 19.1 Å². The lowest BCUT2D eigenvalue weighted by molar-refractivity contribution is -0.123. The van der Waals surface area contributed by atoms with Crippen molar-refractivity contribution in [3.05, 3.63) is 52.8 Å². The Balaban J connectivity index is 1.63. The topological polar surface area (TPSA) is 103 Å². The van der Waals surface area contributed by atoms with Crippen molar-refractivity contribution in [3.8, 4) is 0 Å². The first-order valence-corrected chi connectivity index (χ1v) is 8.88. The van der Waals surface area contributed by atoms with Crippen LogP contribution in [0.4, 0.5) is 5.69 Å². The van der Waals surface area contributed by atoms with Crippen LogP contribution in [0, 0.1) is 13.8 Å². The predicted octanol–water partition coefficient (Wildman–Crippen LogP) is 2.72. The van der Waals surface area contributed by atoms with Gasteiger partial charge in [-0.25, -0.2) is 4.79 Å². The van der Waals surface area contributed by atoms with E-state index in [1.54, 1.807) is 12.1 Å². The molecule has 2 amide bonds. The number of rotatable bonds is 6. The molecule has 1 fully saturated rings. The van der Waals surface area contributed by atoms with Gasteiger partial charge in [0, 0.05) is 28.7 Å². The van der Waals surface area contributed by atoms with Crippen molar-refractivity contribution in [3.63, 3.8) is 0 Å². The minimum Gasteiger partial charge on any atom is -0.449 e. The van der Waals surface area contributed by atoms with Gasteiger partial charge in [-0.15, -0.1) is 0 Å². The molecule has 7 heteroatoms. The minimum atomic E-state index is -0.961. The van der Waals surface area contributed by atoms with E-state index >= 15 is 0 Å². The second-order valence-electron chi connectivity index (χ2n) is 6.86. The highest BCUT2D eigenvalue weighted by Crippen LogP contribution is 2.38. The summed E-state index contributed by atoms with van der Waals surface area (Å²) >= 11 is 0. The molecule has 0 spiro atoms. The van der Waals surface area contributed by atoms with Gasteiger partial charge in [0.2, 0.25) is 5.91 Å². The third kappa shape index (κ3) is 4.02. The number of aromatic nitrogens is 1. The van der Waals surface area contributed by atoms with Gasteiger partial charge in [0.05, 0.1) is 5.56 Å². The van der Waals surface area contributed by atoms with Crippen molar-refractivity contribution in [2.75, 3.05) is 5.32 Å². The number of hydrogen-bond acceptors (Lipinski definition) is 4. The average Bonchev–Trinajstić information content (AvgIpc) is 3.40. The summed E-state index contributed by atoms with van der Waals surface area (Å²) in [6, 6.07) is 8.44. The summed E-state index contributed by atoms with van der Waals surface area (Å²) in [7, 11) is 0. The monoisotopic (exact) mass is 369 g/mol. The molecule has 1 saturated carbocycles. The summed E-state index contributed by atoms with van der Waals surface area (Å²) in [4.78, 5) is 35.9. The van der Waals surface area contributed by atoms with Crippen molar-refractivity contribution in [2.24, 2.45) is 5.73 Å². The fourth-order valence-electron chi connectivity index (χ4n) is 3.12. The quantitative estimate of drug-likeness (QED) is 0.764. The minimum absolute atomic E-state index is 0.346. The van der Waals surface area contributed by atoms with E-state index in [0.29, 0.717) is 22.9 Å². The number of aryl methyl sites for hydroxylation is 1. The molecular formula is C20H23N3O4. The van der Waals surface area contributed by atoms with E-state index in [-0.39, 0.29) is 0 Å². The van der Waals surface area contributed by atoms with E-state index in [2.05, 4.69) is 9.88 Å². The van der Waals surface area contributed by atoms with Gasteiger partial charge in [0.15, 0.2) is 6.10 Å². The van der Waals surface area contributed by atoms with Gasteiger partial charge in [-0.2, -0.15) is 0 Å². The van der Waals surface area contributed by atoms with Crippen molar-refractivity contribution in [2.45, 2.75) is 45.8 Å². The molecule has 3 rings (SSSR count). The average molecular weight is 369 g/mol. The fraction of sp³-hybridized carbons (Fsp3) is 0.350. The van der Waals surface area contributed by atoms with Crippen LogP contribution in [0.15, 0.2) is 30.3 Å². The largest absolute Gasteiger partial charge is 0.449 e. The number of nitrogens with zero attached hydrogens (tertiary/aromatic N) is 1. The Morgan fingerprint density at radius 2 is 1.81 bits per heavy atom. The molecule has 3 N–H and O–H groups in total. The highest BCUT2D eigenvalue weighted by Gasteiger charge is 2.29. The Hall–Kier alpha value is -3.09. The van der Waals surface area contributed by atoms with Gasteiger partial charge < -0.3 is 20.4 Å². The summed E-state index contributed by atoms with van der Waals surface area (Å²) in [5.74, 6) is -1.51. The highest BCUT2D eigenvalue weighted by molar-refractivity contribution is 5.98. The van der Waals surface area contributed by atoms with Gasteiger partial charge in [0.25, 0.3) is 5.91 Å². The van der Waals surface area contributed by atoms with E-state index < -0.39 is 23.9 Å². The molecule has 1 aromatic heterocycles. The molecule has 2 aromatic rings. The lowest BCUT2D eigenvalue weighted by atomic mass is 10.2. The van der Waals surface area contributed by atoms with Gasteiger partial charge in [-0.1, -0.05) is 0 Å². The van der Waals surface area contributed by atoms with Crippen molar-refractivity contribution in [1.82, 2.24) is 4.57 Å². The smallest absolute Gasteiger partial charge is 0.340 e. The Kier molecular flexibility index (Phi) is 5.03. The Morgan fingerprint density at radius 1 is 1.19 bits per heavy atom. The number of nitrogens with one attached hydrogen (secondary N) is 1. The zero-order chi connectivity index (χ0) is 19.7. The molecule has 1 aliphatic carbocycles. The van der Waals surface area contributed by atoms with Crippen LogP contribution in [0.5, 0.6) is 0 Å². The van der Waals surface area contributed by atoms with Crippen molar-refractivity contribution < 1.29 is 19.1 Å². The predicted molar refractivity (Wildman–Crippen MR) is 101 cm³/mol. The molecule has 0 unspecified atom stereocenters. The molecule has 0 bridgehead atoms. The zero-order valence-electron chi connectivity index (χ0n) is 15.6. The first-order chi connectivity index (χ1) is 12.8. The first kappa shape index (κ1) is 18.7. The maximum absolute atomic E-state index is 12.5.